The average molecular weight is 526 g/mol. The van der Waals surface area contributed by atoms with E-state index in [4.69, 9.17) is 9.47 Å². The summed E-state index contributed by atoms with van der Waals surface area (Å²) < 4.78 is 25.2. The third-order valence-corrected chi connectivity index (χ3v) is 6.42. The number of halogens is 1. The Labute approximate surface area is 218 Å². The van der Waals surface area contributed by atoms with Crippen molar-refractivity contribution in [1.29, 1.82) is 0 Å². The molecule has 2 aliphatic rings. The topological polar surface area (TPSA) is 135 Å². The van der Waals surface area contributed by atoms with E-state index in [1.165, 1.54) is 48.5 Å². The molecule has 11 heteroatoms. The van der Waals surface area contributed by atoms with Gasteiger partial charge in [-0.1, -0.05) is 6.07 Å². The zero-order valence-electron chi connectivity index (χ0n) is 21.4. The van der Waals surface area contributed by atoms with E-state index in [9.17, 15) is 24.3 Å². The van der Waals surface area contributed by atoms with Crippen LogP contribution in [0.5, 0.6) is 0 Å². The molecule has 1 fully saturated rings. The smallest absolute Gasteiger partial charge is 0.358 e. The second-order valence-corrected chi connectivity index (χ2v) is 10.2. The van der Waals surface area contributed by atoms with Crippen molar-refractivity contribution >= 4 is 35.0 Å². The lowest BCUT2D eigenvalue weighted by molar-refractivity contribution is -0.175. The molecule has 0 saturated carbocycles. The molecule has 4 rings (SSSR count). The van der Waals surface area contributed by atoms with Crippen LogP contribution in [0, 0.1) is 17.2 Å². The van der Waals surface area contributed by atoms with Crippen molar-refractivity contribution in [3.05, 3.63) is 65.4 Å². The number of amides is 2. The molecule has 0 unspecified atom stereocenters. The fraction of sp³-hybridized carbons (Fsp3) is 0.370. The number of hydrogen-bond acceptors (Lipinski definition) is 8. The highest BCUT2D eigenvalue weighted by molar-refractivity contribution is 6.07. The molecule has 1 aromatic heterocycles. The number of aromatic nitrogens is 1. The van der Waals surface area contributed by atoms with Crippen LogP contribution >= 0.6 is 0 Å². The molecule has 38 heavy (non-hydrogen) atoms. The summed E-state index contributed by atoms with van der Waals surface area (Å²) in [5.41, 5.74) is -0.0464. The molecule has 1 aromatic carbocycles. The van der Waals surface area contributed by atoms with Gasteiger partial charge in [0.05, 0.1) is 29.2 Å². The monoisotopic (exact) mass is 525 g/mol. The van der Waals surface area contributed by atoms with Gasteiger partial charge in [-0.3, -0.25) is 19.4 Å². The summed E-state index contributed by atoms with van der Waals surface area (Å²) in [6, 6.07) is 6.49. The molecular formula is C27H28FN3O7. The van der Waals surface area contributed by atoms with Gasteiger partial charge in [-0.2, -0.15) is 0 Å². The second-order valence-electron chi connectivity index (χ2n) is 10.2. The maximum Gasteiger partial charge on any atom is 0.358 e. The largest absolute Gasteiger partial charge is 0.427 e. The minimum Gasteiger partial charge on any atom is -0.427 e. The molecule has 3 atom stereocenters. The molecule has 2 aliphatic heterocycles. The zero-order chi connectivity index (χ0) is 27.8. The van der Waals surface area contributed by atoms with Gasteiger partial charge in [-0.15, -0.1) is 0 Å². The Morgan fingerprint density at radius 1 is 1.18 bits per heavy atom. The van der Waals surface area contributed by atoms with E-state index in [0.29, 0.717) is 16.7 Å². The minimum atomic E-state index is -0.948. The van der Waals surface area contributed by atoms with Crippen LogP contribution in [0.1, 0.15) is 50.0 Å². The third kappa shape index (κ3) is 5.14. The number of β-lactam (4-membered cyclic amide) rings is 1. The zero-order valence-corrected chi connectivity index (χ0v) is 21.4. The minimum absolute atomic E-state index is 0.0754. The fourth-order valence-electron chi connectivity index (χ4n) is 4.44. The van der Waals surface area contributed by atoms with E-state index in [0.717, 1.165) is 6.07 Å². The molecule has 0 radical (unpaired) electrons. The van der Waals surface area contributed by atoms with Gasteiger partial charge >= 0.3 is 11.9 Å². The standard InChI is InChI=1S/C27H28FN3O7/c1-14(32)21-20-12-17(22(31(20)24(21)34)25(35)37-13-38-26(36)27(2,3)4)16-5-6-19(18(28)11-16)30-23(33)15-7-9-29-10-8-15/h5-11,14,20-21,32H,12-13H2,1-4H3,(H,30,33)/t14-,20-,21-/m1/s1. The van der Waals surface area contributed by atoms with Crippen LogP contribution in [-0.2, 0) is 23.9 Å². The van der Waals surface area contributed by atoms with E-state index < -0.39 is 59.8 Å². The Bertz CT molecular complexity index is 1320. The van der Waals surface area contributed by atoms with Gasteiger partial charge in [0.25, 0.3) is 5.91 Å². The summed E-state index contributed by atoms with van der Waals surface area (Å²) in [7, 11) is 0. The number of carbonyl (C=O) groups excluding carboxylic acids is 4. The second kappa shape index (κ2) is 10.3. The number of hydrogen-bond donors (Lipinski definition) is 2. The first-order chi connectivity index (χ1) is 17.9. The van der Waals surface area contributed by atoms with Gasteiger partial charge in [0.2, 0.25) is 12.7 Å². The molecule has 0 aliphatic carbocycles. The van der Waals surface area contributed by atoms with E-state index in [-0.39, 0.29) is 17.8 Å². The Kier molecular flexibility index (Phi) is 7.32. The molecule has 2 N–H and O–H groups in total. The molecule has 2 aromatic rings. The van der Waals surface area contributed by atoms with Crippen molar-refractivity contribution in [2.45, 2.75) is 46.3 Å². The van der Waals surface area contributed by atoms with E-state index >= 15 is 4.39 Å². The average Bonchev–Trinajstić information content (AvgIpc) is 3.19. The number of rotatable bonds is 7. The molecule has 2 amide bonds. The first-order valence-electron chi connectivity index (χ1n) is 12.0. The number of ether oxygens (including phenoxy) is 2. The van der Waals surface area contributed by atoms with Crippen LogP contribution < -0.4 is 5.32 Å². The lowest BCUT2D eigenvalue weighted by Gasteiger charge is -2.44. The summed E-state index contributed by atoms with van der Waals surface area (Å²) >= 11 is 0. The van der Waals surface area contributed by atoms with Crippen LogP contribution in [0.2, 0.25) is 0 Å². The Hall–Kier alpha value is -4.12. The van der Waals surface area contributed by atoms with E-state index in [1.807, 2.05) is 0 Å². The van der Waals surface area contributed by atoms with Crippen LogP contribution in [0.4, 0.5) is 10.1 Å². The normalized spacial score (nSPS) is 19.4. The van der Waals surface area contributed by atoms with Gasteiger partial charge in [0, 0.05) is 18.0 Å². The molecule has 3 heterocycles. The van der Waals surface area contributed by atoms with Crippen LogP contribution in [0.3, 0.4) is 0 Å². The van der Waals surface area contributed by atoms with Crippen molar-refractivity contribution < 1.29 is 38.1 Å². The fourth-order valence-corrected chi connectivity index (χ4v) is 4.44. The molecule has 0 bridgehead atoms. The summed E-state index contributed by atoms with van der Waals surface area (Å²) in [6.07, 6.45) is 2.11. The number of anilines is 1. The number of nitrogens with one attached hydrogen (secondary N) is 1. The maximum atomic E-state index is 15.1. The van der Waals surface area contributed by atoms with Crippen molar-refractivity contribution in [1.82, 2.24) is 9.88 Å². The summed E-state index contributed by atoms with van der Waals surface area (Å²) in [5, 5.41) is 12.6. The number of carbonyl (C=O) groups is 4. The van der Waals surface area contributed by atoms with Crippen molar-refractivity contribution in [3.63, 3.8) is 0 Å². The van der Waals surface area contributed by atoms with Gasteiger partial charge in [0.1, 0.15) is 11.5 Å². The molecule has 10 nitrogen and oxygen atoms in total. The van der Waals surface area contributed by atoms with E-state index in [2.05, 4.69) is 10.3 Å². The molecule has 0 spiro atoms. The molecular weight excluding hydrogens is 497 g/mol. The van der Waals surface area contributed by atoms with E-state index in [1.54, 1.807) is 20.8 Å². The summed E-state index contributed by atoms with van der Waals surface area (Å²) in [5.74, 6) is -3.96. The van der Waals surface area contributed by atoms with Crippen molar-refractivity contribution in [2.75, 3.05) is 12.1 Å². The SMILES string of the molecule is C[C@@H](O)[C@H]1C(=O)N2C(C(=O)OCOC(=O)C(C)(C)C)=C(c3ccc(NC(=O)c4ccncc4)c(F)c3)C[C@H]12. The Morgan fingerprint density at radius 3 is 2.47 bits per heavy atom. The van der Waals surface area contributed by atoms with Crippen LogP contribution in [0.15, 0.2) is 48.4 Å². The summed E-state index contributed by atoms with van der Waals surface area (Å²) in [4.78, 5) is 55.3. The number of pyridine rings is 1. The number of nitrogens with zero attached hydrogens (tertiary/aromatic N) is 2. The highest BCUT2D eigenvalue weighted by Crippen LogP contribution is 2.47. The number of esters is 2. The quantitative estimate of drug-likeness (QED) is 0.320. The number of aliphatic hydroxyl groups excluding tert-OH is 1. The van der Waals surface area contributed by atoms with Crippen LogP contribution in [-0.4, -0.2) is 57.7 Å². The Balaban J connectivity index is 1.59. The lowest BCUT2D eigenvalue weighted by atomic mass is 9.82. The van der Waals surface area contributed by atoms with Crippen LogP contribution in [0.25, 0.3) is 5.57 Å². The van der Waals surface area contributed by atoms with Gasteiger partial charge in [-0.05, 0) is 69.5 Å². The molecule has 200 valence electrons. The highest BCUT2D eigenvalue weighted by Gasteiger charge is 2.57. The maximum absolute atomic E-state index is 15.1. The van der Waals surface area contributed by atoms with Gasteiger partial charge in [-0.25, -0.2) is 9.18 Å². The molecule has 1 saturated heterocycles. The first-order valence-corrected chi connectivity index (χ1v) is 12.0. The predicted octanol–water partition coefficient (Wildman–Crippen LogP) is 2.89. The first kappa shape index (κ1) is 26.9. The number of fused-ring (bicyclic) bond motifs is 1. The van der Waals surface area contributed by atoms with Gasteiger partial charge in [0.15, 0.2) is 0 Å². The summed E-state index contributed by atoms with van der Waals surface area (Å²) in [6.45, 7) is 5.76. The number of aliphatic hydroxyl groups is 1. The predicted molar refractivity (Wildman–Crippen MR) is 132 cm³/mol. The lowest BCUT2D eigenvalue weighted by Crippen LogP contribution is -2.61. The Morgan fingerprint density at radius 2 is 1.87 bits per heavy atom. The highest BCUT2D eigenvalue weighted by atomic mass is 19.1. The van der Waals surface area contributed by atoms with Crippen molar-refractivity contribution in [3.8, 4) is 0 Å². The third-order valence-electron chi connectivity index (χ3n) is 6.42. The number of benzene rings is 1. The van der Waals surface area contributed by atoms with Gasteiger partial charge < -0.3 is 24.8 Å². The van der Waals surface area contributed by atoms with Crippen molar-refractivity contribution in [2.24, 2.45) is 11.3 Å².